The van der Waals surface area contributed by atoms with E-state index in [9.17, 15) is 0 Å². The smallest absolute Gasteiger partial charge is 0.243 e. The fourth-order valence-electron chi connectivity index (χ4n) is 1.32. The van der Waals surface area contributed by atoms with Gasteiger partial charge in [0.1, 0.15) is 5.69 Å². The second-order valence-corrected chi connectivity index (χ2v) is 4.54. The monoisotopic (exact) mass is 178 g/mol. The van der Waals surface area contributed by atoms with Crippen LogP contribution in [0.15, 0.2) is 9.41 Å². The predicted octanol–water partition coefficient (Wildman–Crippen LogP) is 2.62. The highest BCUT2D eigenvalue weighted by Gasteiger charge is 2.26. The van der Waals surface area contributed by atoms with E-state index in [0.29, 0.717) is 5.88 Å². The van der Waals surface area contributed by atoms with Crippen molar-refractivity contribution < 1.29 is 4.42 Å². The molecule has 3 nitrogen and oxygen atoms in total. The maximum Gasteiger partial charge on any atom is 0.243 e. The van der Waals surface area contributed by atoms with Crippen molar-refractivity contribution in [3.05, 3.63) is 11.6 Å². The first kappa shape index (κ1) is 8.48. The average molecular weight is 178 g/mol. The molecule has 0 bridgehead atoms. The van der Waals surface area contributed by atoms with Gasteiger partial charge in [-0.2, -0.15) is 0 Å². The summed E-state index contributed by atoms with van der Waals surface area (Å²) in [6.45, 7) is 8.26. The highest BCUT2D eigenvalue weighted by Crippen LogP contribution is 2.32. The Morgan fingerprint density at radius 2 is 2.00 bits per heavy atom. The van der Waals surface area contributed by atoms with Crippen molar-refractivity contribution >= 4 is 11.6 Å². The van der Waals surface area contributed by atoms with Crippen LogP contribution in [0.25, 0.3) is 0 Å². The molecule has 3 heteroatoms. The normalized spacial score (nSPS) is 15.8. The molecule has 2 heterocycles. The molecule has 0 atom stereocenters. The molecular weight excluding hydrogens is 164 g/mol. The number of hydrogen-bond acceptors (Lipinski definition) is 3. The topological polar surface area (TPSA) is 38.4 Å². The van der Waals surface area contributed by atoms with E-state index >= 15 is 0 Å². The molecular formula is C10H14N2O. The summed E-state index contributed by atoms with van der Waals surface area (Å²) in [5, 5.41) is 0. The van der Waals surface area contributed by atoms with Gasteiger partial charge in [0.25, 0.3) is 0 Å². The van der Waals surface area contributed by atoms with Gasteiger partial charge >= 0.3 is 0 Å². The minimum absolute atomic E-state index is 0.0201. The molecule has 1 aromatic rings. The van der Waals surface area contributed by atoms with Gasteiger partial charge in [0.05, 0.1) is 0 Å². The Kier molecular flexibility index (Phi) is 1.59. The van der Waals surface area contributed by atoms with Crippen LogP contribution in [0.4, 0.5) is 5.88 Å². The summed E-state index contributed by atoms with van der Waals surface area (Å²) in [6, 6.07) is 0. The lowest BCUT2D eigenvalue weighted by atomic mass is 9.97. The molecule has 0 fully saturated rings. The molecule has 0 aromatic carbocycles. The van der Waals surface area contributed by atoms with E-state index in [1.807, 2.05) is 6.92 Å². The van der Waals surface area contributed by atoms with Crippen LogP contribution in [0.1, 0.15) is 39.3 Å². The van der Waals surface area contributed by atoms with Crippen LogP contribution in [0.3, 0.4) is 0 Å². The van der Waals surface area contributed by atoms with E-state index in [-0.39, 0.29) is 5.41 Å². The molecule has 0 radical (unpaired) electrons. The summed E-state index contributed by atoms with van der Waals surface area (Å²) in [6.07, 6.45) is 0.842. The van der Waals surface area contributed by atoms with Crippen LogP contribution in [0.5, 0.6) is 0 Å². The van der Waals surface area contributed by atoms with Gasteiger partial charge in [-0.05, 0) is 6.92 Å². The first-order valence-corrected chi connectivity index (χ1v) is 4.51. The number of rotatable bonds is 0. The van der Waals surface area contributed by atoms with E-state index in [1.165, 1.54) is 0 Å². The second-order valence-electron chi connectivity index (χ2n) is 4.54. The van der Waals surface area contributed by atoms with Gasteiger partial charge in [-0.25, -0.2) is 9.98 Å². The fraction of sp³-hybridized carbons (Fsp3) is 0.600. The molecule has 1 aliphatic heterocycles. The Balaban J connectivity index is 2.41. The van der Waals surface area contributed by atoms with Crippen molar-refractivity contribution in [3.8, 4) is 0 Å². The minimum atomic E-state index is -0.0201. The zero-order valence-corrected chi connectivity index (χ0v) is 8.51. The van der Waals surface area contributed by atoms with Crippen LogP contribution in [-0.4, -0.2) is 10.7 Å². The van der Waals surface area contributed by atoms with Crippen LogP contribution >= 0.6 is 0 Å². The Morgan fingerprint density at radius 1 is 1.31 bits per heavy atom. The number of oxazole rings is 1. The van der Waals surface area contributed by atoms with Crippen molar-refractivity contribution in [3.63, 3.8) is 0 Å². The van der Waals surface area contributed by atoms with Crippen LogP contribution in [0.2, 0.25) is 0 Å². The molecule has 0 aliphatic carbocycles. The van der Waals surface area contributed by atoms with Crippen molar-refractivity contribution in [1.82, 2.24) is 4.98 Å². The molecule has 0 amide bonds. The standard InChI is InChI=1S/C10H14N2O/c1-6-5-7-8(11-6)13-9(12-7)10(2,3)4/h5H2,1-4H3. The number of hydrogen-bond donors (Lipinski definition) is 0. The van der Waals surface area contributed by atoms with E-state index in [2.05, 4.69) is 30.7 Å². The summed E-state index contributed by atoms with van der Waals surface area (Å²) >= 11 is 0. The van der Waals surface area contributed by atoms with E-state index in [1.54, 1.807) is 0 Å². The molecule has 2 rings (SSSR count). The highest BCUT2D eigenvalue weighted by molar-refractivity contribution is 5.90. The highest BCUT2D eigenvalue weighted by atomic mass is 16.4. The molecule has 13 heavy (non-hydrogen) atoms. The van der Waals surface area contributed by atoms with Crippen molar-refractivity contribution in [2.45, 2.75) is 39.5 Å². The van der Waals surface area contributed by atoms with E-state index in [4.69, 9.17) is 4.42 Å². The van der Waals surface area contributed by atoms with Gasteiger partial charge in [-0.3, -0.25) is 0 Å². The van der Waals surface area contributed by atoms with Gasteiger partial charge in [-0.1, -0.05) is 20.8 Å². The van der Waals surface area contributed by atoms with E-state index < -0.39 is 0 Å². The van der Waals surface area contributed by atoms with Crippen LogP contribution < -0.4 is 0 Å². The van der Waals surface area contributed by atoms with Crippen molar-refractivity contribution in [1.29, 1.82) is 0 Å². The minimum Gasteiger partial charge on any atom is -0.422 e. The number of aliphatic imine (C=N–C) groups is 1. The zero-order chi connectivity index (χ0) is 9.64. The third-order valence-electron chi connectivity index (χ3n) is 2.03. The van der Waals surface area contributed by atoms with Gasteiger partial charge in [-0.15, -0.1) is 0 Å². The Morgan fingerprint density at radius 3 is 2.54 bits per heavy atom. The molecule has 70 valence electrons. The molecule has 0 saturated heterocycles. The Hall–Kier alpha value is -1.12. The van der Waals surface area contributed by atoms with Gasteiger partial charge < -0.3 is 4.42 Å². The number of fused-ring (bicyclic) bond motifs is 1. The molecule has 0 unspecified atom stereocenters. The number of nitrogens with zero attached hydrogens (tertiary/aromatic N) is 2. The van der Waals surface area contributed by atoms with Crippen molar-refractivity contribution in [2.24, 2.45) is 4.99 Å². The summed E-state index contributed by atoms with van der Waals surface area (Å²) < 4.78 is 5.56. The third-order valence-corrected chi connectivity index (χ3v) is 2.03. The third kappa shape index (κ3) is 1.39. The van der Waals surface area contributed by atoms with Crippen LogP contribution in [-0.2, 0) is 11.8 Å². The lowest BCUT2D eigenvalue weighted by molar-refractivity contribution is 0.398. The Labute approximate surface area is 77.9 Å². The molecule has 1 aliphatic rings. The Bertz CT molecular complexity index is 369. The van der Waals surface area contributed by atoms with Crippen molar-refractivity contribution in [2.75, 3.05) is 0 Å². The molecule has 0 N–H and O–H groups in total. The second kappa shape index (κ2) is 2.44. The largest absolute Gasteiger partial charge is 0.422 e. The molecule has 0 spiro atoms. The maximum absolute atomic E-state index is 5.56. The van der Waals surface area contributed by atoms with Crippen LogP contribution in [0, 0.1) is 0 Å². The van der Waals surface area contributed by atoms with Gasteiger partial charge in [0.15, 0.2) is 0 Å². The van der Waals surface area contributed by atoms with Gasteiger partial charge in [0, 0.05) is 17.5 Å². The summed E-state index contributed by atoms with van der Waals surface area (Å²) in [4.78, 5) is 8.70. The lowest BCUT2D eigenvalue weighted by Gasteiger charge is -2.11. The maximum atomic E-state index is 5.56. The summed E-state index contributed by atoms with van der Waals surface area (Å²) in [5.74, 6) is 1.50. The van der Waals surface area contributed by atoms with E-state index in [0.717, 1.165) is 23.7 Å². The zero-order valence-electron chi connectivity index (χ0n) is 8.51. The predicted molar refractivity (Wildman–Crippen MR) is 51.7 cm³/mol. The fourth-order valence-corrected chi connectivity index (χ4v) is 1.32. The first-order chi connectivity index (χ1) is 5.97. The van der Waals surface area contributed by atoms with Gasteiger partial charge in [0.2, 0.25) is 11.8 Å². The first-order valence-electron chi connectivity index (χ1n) is 4.51. The lowest BCUT2D eigenvalue weighted by Crippen LogP contribution is -2.11. The molecule has 0 saturated carbocycles. The molecule has 1 aromatic heterocycles. The summed E-state index contributed by atoms with van der Waals surface area (Å²) in [7, 11) is 0. The average Bonchev–Trinajstić information content (AvgIpc) is 2.40. The quantitative estimate of drug-likeness (QED) is 0.612. The SMILES string of the molecule is CC1=Nc2oc(C(C)(C)C)nc2C1. The number of aromatic nitrogens is 1. The summed E-state index contributed by atoms with van der Waals surface area (Å²) in [5.41, 5.74) is 2.05.